The first-order chi connectivity index (χ1) is 11.8. The van der Waals surface area contributed by atoms with Crippen molar-refractivity contribution in [3.05, 3.63) is 79.4 Å². The Hall–Kier alpha value is -3.29. The van der Waals surface area contributed by atoms with Crippen molar-refractivity contribution in [3.63, 3.8) is 0 Å². The van der Waals surface area contributed by atoms with Crippen LogP contribution in [-0.4, -0.2) is 15.8 Å². The lowest BCUT2D eigenvalue weighted by Gasteiger charge is -2.13. The van der Waals surface area contributed by atoms with Gasteiger partial charge in [-0.25, -0.2) is 0 Å². The number of carbonyl (C=O) groups excluding carboxylic acids is 1. The SMILES string of the molecule is CC(C)c1ccccc1CNC(=O)c1cc([N+](=O)[O-])cc([N+](=O)[O-])c1. The molecule has 0 unspecified atom stereocenters. The Morgan fingerprint density at radius 3 is 2.12 bits per heavy atom. The smallest absolute Gasteiger partial charge is 0.277 e. The maximum atomic E-state index is 12.3. The molecule has 0 aliphatic heterocycles. The number of non-ortho nitro benzene ring substituents is 2. The quantitative estimate of drug-likeness (QED) is 0.636. The van der Waals surface area contributed by atoms with Crippen LogP contribution in [0.1, 0.15) is 41.3 Å². The molecule has 1 N–H and O–H groups in total. The molecule has 0 aromatic heterocycles. The van der Waals surface area contributed by atoms with Crippen LogP contribution < -0.4 is 5.32 Å². The first-order valence-corrected chi connectivity index (χ1v) is 7.59. The van der Waals surface area contributed by atoms with Gasteiger partial charge in [0, 0.05) is 18.7 Å². The zero-order chi connectivity index (χ0) is 18.6. The van der Waals surface area contributed by atoms with Crippen molar-refractivity contribution in [2.24, 2.45) is 0 Å². The number of nitro groups is 2. The number of nitrogens with one attached hydrogen (secondary N) is 1. The average Bonchev–Trinajstić information content (AvgIpc) is 2.59. The normalized spacial score (nSPS) is 10.5. The fourth-order valence-electron chi connectivity index (χ4n) is 2.47. The van der Waals surface area contributed by atoms with Gasteiger partial charge in [0.15, 0.2) is 0 Å². The summed E-state index contributed by atoms with van der Waals surface area (Å²) in [6, 6.07) is 10.5. The summed E-state index contributed by atoms with van der Waals surface area (Å²) < 4.78 is 0. The van der Waals surface area contributed by atoms with E-state index in [1.165, 1.54) is 0 Å². The van der Waals surface area contributed by atoms with E-state index in [0.29, 0.717) is 0 Å². The standard InChI is InChI=1S/C17H17N3O5/c1-11(2)16-6-4-3-5-12(16)10-18-17(21)13-7-14(19(22)23)9-15(8-13)20(24)25/h3-9,11H,10H2,1-2H3,(H,18,21). The molecule has 0 saturated carbocycles. The van der Waals surface area contributed by atoms with E-state index in [-0.39, 0.29) is 18.0 Å². The lowest BCUT2D eigenvalue weighted by molar-refractivity contribution is -0.394. The minimum atomic E-state index is -0.766. The third-order valence-corrected chi connectivity index (χ3v) is 3.70. The molecular weight excluding hydrogens is 326 g/mol. The summed E-state index contributed by atoms with van der Waals surface area (Å²) in [6.07, 6.45) is 0. The fourth-order valence-corrected chi connectivity index (χ4v) is 2.47. The molecule has 0 spiro atoms. The summed E-state index contributed by atoms with van der Waals surface area (Å²) >= 11 is 0. The molecule has 0 aliphatic carbocycles. The largest absolute Gasteiger partial charge is 0.348 e. The molecule has 0 radical (unpaired) electrons. The van der Waals surface area contributed by atoms with Crippen LogP contribution in [0.5, 0.6) is 0 Å². The number of hydrogen-bond donors (Lipinski definition) is 1. The number of nitrogens with zero attached hydrogens (tertiary/aromatic N) is 2. The van der Waals surface area contributed by atoms with Crippen LogP contribution in [0.4, 0.5) is 11.4 Å². The number of hydrogen-bond acceptors (Lipinski definition) is 5. The molecule has 8 heteroatoms. The second kappa shape index (κ2) is 7.52. The molecular formula is C17H17N3O5. The number of carbonyl (C=O) groups is 1. The highest BCUT2D eigenvalue weighted by atomic mass is 16.6. The Balaban J connectivity index is 2.24. The summed E-state index contributed by atoms with van der Waals surface area (Å²) in [5, 5.41) is 24.5. The van der Waals surface area contributed by atoms with Crippen LogP contribution >= 0.6 is 0 Å². The van der Waals surface area contributed by atoms with Gasteiger partial charge in [-0.1, -0.05) is 38.1 Å². The van der Waals surface area contributed by atoms with Crippen molar-refractivity contribution in [1.29, 1.82) is 0 Å². The molecule has 2 rings (SSSR count). The zero-order valence-electron chi connectivity index (χ0n) is 13.8. The third kappa shape index (κ3) is 4.37. The van der Waals surface area contributed by atoms with Crippen molar-refractivity contribution in [3.8, 4) is 0 Å². The van der Waals surface area contributed by atoms with Crippen molar-refractivity contribution in [2.45, 2.75) is 26.3 Å². The van der Waals surface area contributed by atoms with E-state index >= 15 is 0 Å². The van der Waals surface area contributed by atoms with Gasteiger partial charge in [0.05, 0.1) is 21.5 Å². The van der Waals surface area contributed by atoms with Crippen molar-refractivity contribution < 1.29 is 14.6 Å². The second-order valence-corrected chi connectivity index (χ2v) is 5.79. The first kappa shape index (κ1) is 18.1. The van der Waals surface area contributed by atoms with Gasteiger partial charge in [0.2, 0.25) is 0 Å². The molecule has 2 aromatic carbocycles. The highest BCUT2D eigenvalue weighted by Crippen LogP contribution is 2.23. The Bertz CT molecular complexity index is 801. The van der Waals surface area contributed by atoms with Gasteiger partial charge in [-0.3, -0.25) is 25.0 Å². The van der Waals surface area contributed by atoms with E-state index < -0.39 is 27.1 Å². The molecule has 0 bridgehead atoms. The van der Waals surface area contributed by atoms with Crippen molar-refractivity contribution in [2.75, 3.05) is 0 Å². The zero-order valence-corrected chi connectivity index (χ0v) is 13.8. The molecule has 0 heterocycles. The van der Waals surface area contributed by atoms with Crippen LogP contribution in [0.3, 0.4) is 0 Å². The molecule has 0 atom stereocenters. The Morgan fingerprint density at radius 2 is 1.60 bits per heavy atom. The third-order valence-electron chi connectivity index (χ3n) is 3.70. The van der Waals surface area contributed by atoms with Crippen molar-refractivity contribution in [1.82, 2.24) is 5.32 Å². The molecule has 0 saturated heterocycles. The molecule has 2 aromatic rings. The van der Waals surface area contributed by atoms with Gasteiger partial charge in [0.1, 0.15) is 0 Å². The minimum Gasteiger partial charge on any atom is -0.348 e. The number of amides is 1. The van der Waals surface area contributed by atoms with Gasteiger partial charge in [-0.2, -0.15) is 0 Å². The maximum Gasteiger partial charge on any atom is 0.277 e. The van der Waals surface area contributed by atoms with Crippen LogP contribution in [0.25, 0.3) is 0 Å². The topological polar surface area (TPSA) is 115 Å². The van der Waals surface area contributed by atoms with Gasteiger partial charge < -0.3 is 5.32 Å². The van der Waals surface area contributed by atoms with E-state index in [2.05, 4.69) is 5.32 Å². The molecule has 1 amide bonds. The lowest BCUT2D eigenvalue weighted by atomic mass is 9.97. The minimum absolute atomic E-state index is 0.122. The highest BCUT2D eigenvalue weighted by Gasteiger charge is 2.20. The summed E-state index contributed by atoms with van der Waals surface area (Å²) in [6.45, 7) is 4.29. The van der Waals surface area contributed by atoms with Crippen molar-refractivity contribution >= 4 is 17.3 Å². The first-order valence-electron chi connectivity index (χ1n) is 7.59. The van der Waals surface area contributed by atoms with Crippen LogP contribution in [-0.2, 0) is 6.54 Å². The van der Waals surface area contributed by atoms with Gasteiger partial charge in [-0.15, -0.1) is 0 Å². The van der Waals surface area contributed by atoms with Crippen LogP contribution in [0.15, 0.2) is 42.5 Å². The number of nitro benzene ring substituents is 2. The number of rotatable bonds is 6. The molecule has 8 nitrogen and oxygen atoms in total. The summed E-state index contributed by atoms with van der Waals surface area (Å²) in [4.78, 5) is 32.6. The van der Waals surface area contributed by atoms with E-state index in [0.717, 1.165) is 29.3 Å². The van der Waals surface area contributed by atoms with Crippen LogP contribution in [0.2, 0.25) is 0 Å². The molecule has 25 heavy (non-hydrogen) atoms. The van der Waals surface area contributed by atoms with Crippen LogP contribution in [0, 0.1) is 20.2 Å². The van der Waals surface area contributed by atoms with Gasteiger partial charge in [-0.05, 0) is 17.0 Å². The Kier molecular flexibility index (Phi) is 5.43. The summed E-state index contributed by atoms with van der Waals surface area (Å²) in [5.41, 5.74) is 0.880. The number of benzene rings is 2. The lowest BCUT2D eigenvalue weighted by Crippen LogP contribution is -2.23. The van der Waals surface area contributed by atoms with E-state index in [1.807, 2.05) is 38.1 Å². The predicted molar refractivity (Wildman–Crippen MR) is 91.5 cm³/mol. The Labute approximate surface area is 143 Å². The van der Waals surface area contributed by atoms with Gasteiger partial charge in [0.25, 0.3) is 17.3 Å². The summed E-state index contributed by atoms with van der Waals surface area (Å²) in [7, 11) is 0. The Morgan fingerprint density at radius 1 is 1.04 bits per heavy atom. The predicted octanol–water partition coefficient (Wildman–Crippen LogP) is 3.56. The molecule has 0 aliphatic rings. The molecule has 0 fully saturated rings. The fraction of sp³-hybridized carbons (Fsp3) is 0.235. The van der Waals surface area contributed by atoms with E-state index in [9.17, 15) is 25.0 Å². The van der Waals surface area contributed by atoms with E-state index in [1.54, 1.807) is 0 Å². The average molecular weight is 343 g/mol. The highest BCUT2D eigenvalue weighted by molar-refractivity contribution is 5.95. The van der Waals surface area contributed by atoms with Gasteiger partial charge >= 0.3 is 0 Å². The van der Waals surface area contributed by atoms with E-state index in [4.69, 9.17) is 0 Å². The summed E-state index contributed by atoms with van der Waals surface area (Å²) in [5.74, 6) is -0.336. The second-order valence-electron chi connectivity index (χ2n) is 5.79. The molecule has 130 valence electrons. The maximum absolute atomic E-state index is 12.3. The monoisotopic (exact) mass is 343 g/mol.